The molecule has 3 N–H and O–H groups in total. The Bertz CT molecular complexity index is 386. The van der Waals surface area contributed by atoms with Gasteiger partial charge in [0.15, 0.2) is 0 Å². The monoisotopic (exact) mass is 307 g/mol. The second kappa shape index (κ2) is 6.08. The molecule has 0 aromatic heterocycles. The van der Waals surface area contributed by atoms with E-state index in [2.05, 4.69) is 21.2 Å². The number of alkyl halides is 1. The molecule has 88 valence electrons. The minimum absolute atomic E-state index is 0.128. The van der Waals surface area contributed by atoms with Crippen molar-refractivity contribution < 1.29 is 15.0 Å². The lowest BCUT2D eigenvalue weighted by atomic mass is 10.2. The van der Waals surface area contributed by atoms with Crippen LogP contribution in [0.4, 0.5) is 5.69 Å². The van der Waals surface area contributed by atoms with Crippen molar-refractivity contribution in [2.45, 2.75) is 6.10 Å². The van der Waals surface area contributed by atoms with Gasteiger partial charge >= 0.3 is 5.97 Å². The number of nitrogens with one attached hydrogen (secondary N) is 1. The smallest absolute Gasteiger partial charge is 0.335 e. The standard InChI is InChI=1S/C10H11BrClNO3/c11-8-2-1-6(10(15)16)3-9(8)13-5-7(14)4-12/h1-3,7,13-14H,4-5H2,(H,15,16). The predicted octanol–water partition coefficient (Wildman–Crippen LogP) is 2.16. The lowest BCUT2D eigenvalue weighted by Gasteiger charge is -2.12. The van der Waals surface area contributed by atoms with Crippen LogP contribution in [0.3, 0.4) is 0 Å². The Kier molecular flexibility index (Phi) is 5.05. The molecule has 0 fully saturated rings. The molecule has 0 saturated heterocycles. The van der Waals surface area contributed by atoms with Crippen molar-refractivity contribution in [1.29, 1.82) is 0 Å². The van der Waals surface area contributed by atoms with Gasteiger partial charge < -0.3 is 15.5 Å². The summed E-state index contributed by atoms with van der Waals surface area (Å²) in [5.41, 5.74) is 0.801. The van der Waals surface area contributed by atoms with Gasteiger partial charge in [-0.15, -0.1) is 11.6 Å². The number of aliphatic hydroxyl groups excluding tert-OH is 1. The first-order chi connectivity index (χ1) is 7.54. The van der Waals surface area contributed by atoms with E-state index in [1.54, 1.807) is 6.07 Å². The molecule has 0 spiro atoms. The van der Waals surface area contributed by atoms with E-state index in [1.165, 1.54) is 12.1 Å². The molecule has 0 radical (unpaired) electrons. The summed E-state index contributed by atoms with van der Waals surface area (Å²) in [6, 6.07) is 4.63. The number of anilines is 1. The van der Waals surface area contributed by atoms with Crippen LogP contribution in [0.1, 0.15) is 10.4 Å². The summed E-state index contributed by atoms with van der Waals surface area (Å²) in [4.78, 5) is 10.7. The van der Waals surface area contributed by atoms with Crippen LogP contribution < -0.4 is 5.32 Å². The second-order valence-corrected chi connectivity index (χ2v) is 4.35. The molecule has 6 heteroatoms. The van der Waals surface area contributed by atoms with Crippen LogP contribution >= 0.6 is 27.5 Å². The Labute approximate surface area is 106 Å². The zero-order valence-corrected chi connectivity index (χ0v) is 10.6. The summed E-state index contributed by atoms with van der Waals surface area (Å²) in [6.07, 6.45) is -0.665. The maximum atomic E-state index is 10.7. The number of hydrogen-bond donors (Lipinski definition) is 3. The Balaban J connectivity index is 2.78. The summed E-state index contributed by atoms with van der Waals surface area (Å²) < 4.78 is 0.735. The van der Waals surface area contributed by atoms with Crippen LogP contribution in [0.2, 0.25) is 0 Å². The van der Waals surface area contributed by atoms with E-state index in [0.717, 1.165) is 4.47 Å². The van der Waals surface area contributed by atoms with Gasteiger partial charge in [-0.2, -0.15) is 0 Å². The third-order valence-corrected chi connectivity index (χ3v) is 2.97. The molecule has 0 bridgehead atoms. The quantitative estimate of drug-likeness (QED) is 0.729. The topological polar surface area (TPSA) is 69.6 Å². The van der Waals surface area contributed by atoms with Crippen molar-refractivity contribution in [3.05, 3.63) is 28.2 Å². The van der Waals surface area contributed by atoms with Gasteiger partial charge in [0.2, 0.25) is 0 Å². The van der Waals surface area contributed by atoms with Gasteiger partial charge in [-0.05, 0) is 34.1 Å². The molecule has 1 aromatic rings. The number of hydrogen-bond acceptors (Lipinski definition) is 3. The van der Waals surface area contributed by atoms with Gasteiger partial charge in [0.25, 0.3) is 0 Å². The average Bonchev–Trinajstić information content (AvgIpc) is 2.27. The van der Waals surface area contributed by atoms with Crippen molar-refractivity contribution >= 4 is 39.2 Å². The minimum atomic E-state index is -0.992. The Morgan fingerprint density at radius 1 is 1.56 bits per heavy atom. The van der Waals surface area contributed by atoms with Gasteiger partial charge in [0, 0.05) is 16.7 Å². The van der Waals surface area contributed by atoms with Crippen molar-refractivity contribution in [3.63, 3.8) is 0 Å². The molecular formula is C10H11BrClNO3. The van der Waals surface area contributed by atoms with Crippen molar-refractivity contribution in [1.82, 2.24) is 0 Å². The van der Waals surface area contributed by atoms with Gasteiger partial charge in [-0.1, -0.05) is 0 Å². The van der Waals surface area contributed by atoms with E-state index in [9.17, 15) is 9.90 Å². The normalized spacial score (nSPS) is 12.2. The van der Waals surface area contributed by atoms with Crippen molar-refractivity contribution in [2.24, 2.45) is 0 Å². The molecule has 0 heterocycles. The number of carboxylic acid groups (broad SMARTS) is 1. The summed E-state index contributed by atoms with van der Waals surface area (Å²) in [6.45, 7) is 0.269. The first-order valence-corrected chi connectivity index (χ1v) is 5.88. The molecule has 0 aliphatic heterocycles. The second-order valence-electron chi connectivity index (χ2n) is 3.19. The molecular weight excluding hydrogens is 297 g/mol. The van der Waals surface area contributed by atoms with Gasteiger partial charge in [0.05, 0.1) is 17.5 Å². The lowest BCUT2D eigenvalue weighted by Crippen LogP contribution is -2.21. The summed E-state index contributed by atoms with van der Waals surface area (Å²) in [5, 5.41) is 21.0. The number of carbonyl (C=O) groups is 1. The Morgan fingerprint density at radius 2 is 2.25 bits per heavy atom. The molecule has 1 atom stereocenters. The Hall–Kier alpha value is -0.780. The maximum absolute atomic E-state index is 10.7. The van der Waals surface area contributed by atoms with E-state index in [0.29, 0.717) is 5.69 Å². The van der Waals surface area contributed by atoms with Gasteiger partial charge in [-0.25, -0.2) is 4.79 Å². The van der Waals surface area contributed by atoms with Crippen LogP contribution in [0.15, 0.2) is 22.7 Å². The number of carboxylic acids is 1. The summed E-state index contributed by atoms with van der Waals surface area (Å²) >= 11 is 8.73. The van der Waals surface area contributed by atoms with E-state index < -0.39 is 12.1 Å². The predicted molar refractivity (Wildman–Crippen MR) is 66.3 cm³/mol. The van der Waals surface area contributed by atoms with E-state index in [-0.39, 0.29) is 18.0 Å². The highest BCUT2D eigenvalue weighted by Crippen LogP contribution is 2.23. The molecule has 1 aromatic carbocycles. The van der Waals surface area contributed by atoms with E-state index >= 15 is 0 Å². The zero-order chi connectivity index (χ0) is 12.1. The van der Waals surface area contributed by atoms with Crippen molar-refractivity contribution in [2.75, 3.05) is 17.7 Å². The summed E-state index contributed by atoms with van der Waals surface area (Å²) in [7, 11) is 0. The molecule has 1 unspecified atom stereocenters. The highest BCUT2D eigenvalue weighted by molar-refractivity contribution is 9.10. The molecule has 0 aliphatic carbocycles. The van der Waals surface area contributed by atoms with Crippen LogP contribution in [-0.4, -0.2) is 34.7 Å². The highest BCUT2D eigenvalue weighted by Gasteiger charge is 2.08. The van der Waals surface area contributed by atoms with E-state index in [4.69, 9.17) is 16.7 Å². The molecule has 0 amide bonds. The zero-order valence-electron chi connectivity index (χ0n) is 8.28. The van der Waals surface area contributed by atoms with Crippen molar-refractivity contribution in [3.8, 4) is 0 Å². The van der Waals surface area contributed by atoms with E-state index in [1.807, 2.05) is 0 Å². The third-order valence-electron chi connectivity index (χ3n) is 1.92. The molecule has 16 heavy (non-hydrogen) atoms. The average molecular weight is 309 g/mol. The fraction of sp³-hybridized carbons (Fsp3) is 0.300. The van der Waals surface area contributed by atoms with Crippen LogP contribution in [0.5, 0.6) is 0 Å². The first-order valence-electron chi connectivity index (χ1n) is 4.55. The number of benzene rings is 1. The number of halogens is 2. The molecule has 4 nitrogen and oxygen atoms in total. The number of rotatable bonds is 5. The highest BCUT2D eigenvalue weighted by atomic mass is 79.9. The molecule has 0 saturated carbocycles. The number of aromatic carboxylic acids is 1. The van der Waals surface area contributed by atoms with Crippen LogP contribution in [0, 0.1) is 0 Å². The lowest BCUT2D eigenvalue weighted by molar-refractivity contribution is 0.0697. The third kappa shape index (κ3) is 3.66. The minimum Gasteiger partial charge on any atom is -0.478 e. The van der Waals surface area contributed by atoms with Gasteiger partial charge in [0.1, 0.15) is 0 Å². The first kappa shape index (κ1) is 13.3. The van der Waals surface area contributed by atoms with Crippen LogP contribution in [-0.2, 0) is 0 Å². The molecule has 1 rings (SSSR count). The largest absolute Gasteiger partial charge is 0.478 e. The molecule has 0 aliphatic rings. The number of aliphatic hydroxyl groups is 1. The van der Waals surface area contributed by atoms with Gasteiger partial charge in [-0.3, -0.25) is 0 Å². The SMILES string of the molecule is O=C(O)c1ccc(Br)c(NCC(O)CCl)c1. The summed E-state index contributed by atoms with van der Waals surface area (Å²) in [5.74, 6) is -0.864. The fourth-order valence-corrected chi connectivity index (χ4v) is 1.57. The van der Waals surface area contributed by atoms with Crippen LogP contribution in [0.25, 0.3) is 0 Å². The fourth-order valence-electron chi connectivity index (χ4n) is 1.08. The maximum Gasteiger partial charge on any atom is 0.335 e. The Morgan fingerprint density at radius 3 is 2.81 bits per heavy atom.